The van der Waals surface area contributed by atoms with Gasteiger partial charge in [0, 0.05) is 25.9 Å². The first kappa shape index (κ1) is 28.7. The summed E-state index contributed by atoms with van der Waals surface area (Å²) in [6.07, 6.45) is -0.344. The number of esters is 2. The van der Waals surface area contributed by atoms with Crippen molar-refractivity contribution in [3.63, 3.8) is 0 Å². The molecule has 0 saturated heterocycles. The van der Waals surface area contributed by atoms with Crippen LogP contribution in [-0.4, -0.2) is 49.5 Å². The zero-order valence-electron chi connectivity index (χ0n) is 20.4. The summed E-state index contributed by atoms with van der Waals surface area (Å²) in [5.41, 5.74) is 1.62. The highest BCUT2D eigenvalue weighted by molar-refractivity contribution is 5.70. The number of amides is 2. The lowest BCUT2D eigenvalue weighted by molar-refractivity contribution is -0.147. The van der Waals surface area contributed by atoms with Crippen LogP contribution in [0.3, 0.4) is 0 Å². The van der Waals surface area contributed by atoms with Gasteiger partial charge < -0.3 is 29.6 Å². The Morgan fingerprint density at radius 2 is 1.18 bits per heavy atom. The SMILES string of the molecule is CCCC(=O)OCC(C)OC(=O)NCc1cccc(CNC(=O)OC(C)COC(=O)CCC)c1. The minimum Gasteiger partial charge on any atom is -0.462 e. The molecule has 10 nitrogen and oxygen atoms in total. The molecular formula is C24H36N2O8. The van der Waals surface area contributed by atoms with Crippen molar-refractivity contribution >= 4 is 24.1 Å². The van der Waals surface area contributed by atoms with Crippen molar-refractivity contribution in [3.8, 4) is 0 Å². The second-order valence-electron chi connectivity index (χ2n) is 7.82. The maximum Gasteiger partial charge on any atom is 0.407 e. The molecule has 0 aliphatic rings. The molecule has 0 bridgehead atoms. The standard InChI is InChI=1S/C24H36N2O8/c1-5-8-21(27)31-15-17(3)33-23(29)25-13-19-10-7-11-20(12-19)14-26-24(30)34-18(4)16-32-22(28)9-6-2/h7,10-12,17-18H,5-6,8-9,13-16H2,1-4H3,(H,25,29)(H,26,30). The number of benzene rings is 1. The number of nitrogens with one attached hydrogen (secondary N) is 2. The van der Waals surface area contributed by atoms with Gasteiger partial charge in [-0.3, -0.25) is 9.59 Å². The first-order chi connectivity index (χ1) is 16.2. The van der Waals surface area contributed by atoms with Crippen LogP contribution in [0, 0.1) is 0 Å². The average molecular weight is 481 g/mol. The molecule has 0 saturated carbocycles. The molecule has 0 aliphatic heterocycles. The molecule has 34 heavy (non-hydrogen) atoms. The summed E-state index contributed by atoms with van der Waals surface area (Å²) in [6.45, 7) is 7.48. The molecular weight excluding hydrogens is 444 g/mol. The third-order valence-electron chi connectivity index (χ3n) is 4.35. The van der Waals surface area contributed by atoms with E-state index < -0.39 is 24.4 Å². The molecule has 0 spiro atoms. The monoisotopic (exact) mass is 480 g/mol. The summed E-state index contributed by atoms with van der Waals surface area (Å²) >= 11 is 0. The Hall–Kier alpha value is -3.30. The summed E-state index contributed by atoms with van der Waals surface area (Å²) in [4.78, 5) is 46.6. The van der Waals surface area contributed by atoms with Crippen LogP contribution < -0.4 is 10.6 Å². The van der Waals surface area contributed by atoms with E-state index in [0.29, 0.717) is 25.7 Å². The lowest BCUT2D eigenvalue weighted by Crippen LogP contribution is -2.30. The number of hydrogen-bond donors (Lipinski definition) is 2. The highest BCUT2D eigenvalue weighted by Gasteiger charge is 2.13. The molecule has 2 amide bonds. The zero-order valence-corrected chi connectivity index (χ0v) is 20.4. The fraction of sp³-hybridized carbons (Fsp3) is 0.583. The van der Waals surface area contributed by atoms with E-state index in [2.05, 4.69) is 10.6 Å². The van der Waals surface area contributed by atoms with Gasteiger partial charge >= 0.3 is 24.1 Å². The van der Waals surface area contributed by atoms with Gasteiger partial charge in [0.2, 0.25) is 0 Å². The quantitative estimate of drug-likeness (QED) is 0.305. The normalized spacial score (nSPS) is 12.1. The van der Waals surface area contributed by atoms with E-state index in [1.165, 1.54) is 0 Å². The Labute approximate surface area is 200 Å². The first-order valence-corrected chi connectivity index (χ1v) is 11.5. The number of carbonyl (C=O) groups excluding carboxylic acids is 4. The molecule has 0 heterocycles. The number of carbonyl (C=O) groups is 4. The van der Waals surface area contributed by atoms with Gasteiger partial charge in [0.25, 0.3) is 0 Å². The van der Waals surface area contributed by atoms with Crippen LogP contribution in [0.1, 0.15) is 64.5 Å². The van der Waals surface area contributed by atoms with Crippen molar-refractivity contribution in [2.75, 3.05) is 13.2 Å². The predicted molar refractivity (Wildman–Crippen MR) is 124 cm³/mol. The van der Waals surface area contributed by atoms with Crippen LogP contribution in [0.4, 0.5) is 9.59 Å². The summed E-state index contributed by atoms with van der Waals surface area (Å²) in [6, 6.07) is 7.28. The van der Waals surface area contributed by atoms with Crippen molar-refractivity contribution in [1.29, 1.82) is 0 Å². The van der Waals surface area contributed by atoms with E-state index in [1.807, 2.05) is 32.0 Å². The second-order valence-corrected chi connectivity index (χ2v) is 7.82. The Morgan fingerprint density at radius 1 is 0.765 bits per heavy atom. The molecule has 2 atom stereocenters. The highest BCUT2D eigenvalue weighted by atomic mass is 16.6. The van der Waals surface area contributed by atoms with Crippen molar-refractivity contribution in [2.45, 2.75) is 78.7 Å². The minimum absolute atomic E-state index is 0.00327. The fourth-order valence-corrected chi connectivity index (χ4v) is 2.69. The smallest absolute Gasteiger partial charge is 0.407 e. The molecule has 1 rings (SSSR count). The van der Waals surface area contributed by atoms with Crippen molar-refractivity contribution in [3.05, 3.63) is 35.4 Å². The molecule has 0 radical (unpaired) electrons. The van der Waals surface area contributed by atoms with Gasteiger partial charge in [0.1, 0.15) is 25.4 Å². The molecule has 0 fully saturated rings. The maximum atomic E-state index is 12.0. The van der Waals surface area contributed by atoms with Gasteiger partial charge in [-0.1, -0.05) is 38.1 Å². The molecule has 190 valence electrons. The molecule has 0 aromatic heterocycles. The van der Waals surface area contributed by atoms with E-state index in [4.69, 9.17) is 18.9 Å². The third-order valence-corrected chi connectivity index (χ3v) is 4.35. The molecule has 2 unspecified atom stereocenters. The number of ether oxygens (including phenoxy) is 4. The summed E-state index contributed by atoms with van der Waals surface area (Å²) in [5, 5.41) is 5.28. The minimum atomic E-state index is -0.625. The van der Waals surface area contributed by atoms with E-state index in [1.54, 1.807) is 19.9 Å². The van der Waals surface area contributed by atoms with Crippen molar-refractivity contribution in [1.82, 2.24) is 10.6 Å². The number of alkyl carbamates (subject to hydrolysis) is 2. The number of hydrogen-bond acceptors (Lipinski definition) is 8. The van der Waals surface area contributed by atoms with Crippen molar-refractivity contribution < 1.29 is 38.1 Å². The average Bonchev–Trinajstić information content (AvgIpc) is 2.79. The fourth-order valence-electron chi connectivity index (χ4n) is 2.69. The maximum absolute atomic E-state index is 12.0. The summed E-state index contributed by atoms with van der Waals surface area (Å²) in [5.74, 6) is -0.643. The van der Waals surface area contributed by atoms with Gasteiger partial charge in [-0.05, 0) is 37.8 Å². The van der Waals surface area contributed by atoms with Gasteiger partial charge in [-0.25, -0.2) is 9.59 Å². The van der Waals surface area contributed by atoms with Crippen LogP contribution in [0.5, 0.6) is 0 Å². The summed E-state index contributed by atoms with van der Waals surface area (Å²) in [7, 11) is 0. The lowest BCUT2D eigenvalue weighted by Gasteiger charge is -2.15. The Balaban J connectivity index is 2.35. The van der Waals surface area contributed by atoms with Crippen LogP contribution >= 0.6 is 0 Å². The largest absolute Gasteiger partial charge is 0.462 e. The van der Waals surface area contributed by atoms with Gasteiger partial charge in [-0.15, -0.1) is 0 Å². The topological polar surface area (TPSA) is 129 Å². The predicted octanol–water partition coefficient (Wildman–Crippen LogP) is 3.60. The molecule has 1 aromatic carbocycles. The van der Waals surface area contributed by atoms with E-state index in [9.17, 15) is 19.2 Å². The highest BCUT2D eigenvalue weighted by Crippen LogP contribution is 2.06. The number of rotatable bonds is 14. The van der Waals surface area contributed by atoms with E-state index >= 15 is 0 Å². The lowest BCUT2D eigenvalue weighted by atomic mass is 10.1. The molecule has 0 aliphatic carbocycles. The van der Waals surface area contributed by atoms with Gasteiger partial charge in [-0.2, -0.15) is 0 Å². The summed E-state index contributed by atoms with van der Waals surface area (Å²) < 4.78 is 20.4. The van der Waals surface area contributed by atoms with Crippen LogP contribution in [0.15, 0.2) is 24.3 Å². The van der Waals surface area contributed by atoms with Gasteiger partial charge in [0.15, 0.2) is 0 Å². The van der Waals surface area contributed by atoms with Crippen LogP contribution in [0.25, 0.3) is 0 Å². The van der Waals surface area contributed by atoms with E-state index in [0.717, 1.165) is 11.1 Å². The first-order valence-electron chi connectivity index (χ1n) is 11.5. The Morgan fingerprint density at radius 3 is 1.56 bits per heavy atom. The Kier molecular flexibility index (Phi) is 13.8. The third kappa shape index (κ3) is 13.3. The Bertz CT molecular complexity index is 738. The van der Waals surface area contributed by atoms with Gasteiger partial charge in [0.05, 0.1) is 0 Å². The molecule has 2 N–H and O–H groups in total. The van der Waals surface area contributed by atoms with Crippen molar-refractivity contribution in [2.24, 2.45) is 0 Å². The van der Waals surface area contributed by atoms with Crippen LogP contribution in [-0.2, 0) is 41.6 Å². The molecule has 10 heteroatoms. The molecule has 1 aromatic rings. The van der Waals surface area contributed by atoms with E-state index in [-0.39, 0.29) is 38.2 Å². The second kappa shape index (κ2) is 16.3. The zero-order chi connectivity index (χ0) is 25.3. The van der Waals surface area contributed by atoms with Crippen LogP contribution in [0.2, 0.25) is 0 Å².